The first-order valence-electron chi connectivity index (χ1n) is 9.06. The van der Waals surface area contributed by atoms with Crippen molar-refractivity contribution >= 4 is 82.0 Å². The van der Waals surface area contributed by atoms with Gasteiger partial charge in [0.2, 0.25) is 5.69 Å². The van der Waals surface area contributed by atoms with Gasteiger partial charge in [0.05, 0.1) is 6.57 Å². The Balaban J connectivity index is 0.000000196. The fourth-order valence-corrected chi connectivity index (χ4v) is 5.29. The van der Waals surface area contributed by atoms with Crippen LogP contribution >= 0.6 is 54.9 Å². The van der Waals surface area contributed by atoms with Gasteiger partial charge in [0, 0.05) is 20.3 Å². The molecule has 9 nitrogen and oxygen atoms in total. The summed E-state index contributed by atoms with van der Waals surface area (Å²) < 4.78 is 6.25. The fraction of sp³-hybridized carbons (Fsp3) is 0. The number of halogens is 2. The van der Waals surface area contributed by atoms with Gasteiger partial charge < -0.3 is 10.6 Å². The first-order chi connectivity index (χ1) is 16.4. The van der Waals surface area contributed by atoms with Crippen LogP contribution in [0.15, 0.2) is 61.0 Å². The first-order valence-corrected chi connectivity index (χ1v) is 12.3. The lowest BCUT2D eigenvalue weighted by atomic mass is 10.3. The summed E-state index contributed by atoms with van der Waals surface area (Å²) in [7, 11) is 0. The van der Waals surface area contributed by atoms with E-state index in [4.69, 9.17) is 17.1 Å². The van der Waals surface area contributed by atoms with Gasteiger partial charge in [-0.05, 0) is 47.3 Å². The number of nitrogens with one attached hydrogen (secondary N) is 4. The molecule has 168 valence electrons. The van der Waals surface area contributed by atoms with Crippen molar-refractivity contribution in [3.8, 4) is 12.1 Å². The third-order valence-corrected chi connectivity index (χ3v) is 6.85. The van der Waals surface area contributed by atoms with Crippen LogP contribution in [0.1, 0.15) is 11.1 Å². The van der Waals surface area contributed by atoms with Gasteiger partial charge in [-0.2, -0.15) is 10.5 Å². The zero-order chi connectivity index (χ0) is 24.7. The Labute approximate surface area is 217 Å². The van der Waals surface area contributed by atoms with Crippen molar-refractivity contribution in [1.82, 2.24) is 8.75 Å². The summed E-state index contributed by atoms with van der Waals surface area (Å²) in [6, 6.07) is 16.5. The molecule has 2 aromatic carbocycles. The molecule has 4 N–H and O–H groups in total. The maximum absolute atomic E-state index is 11.3. The summed E-state index contributed by atoms with van der Waals surface area (Å²) in [5.74, 6) is 0. The Morgan fingerprint density at radius 3 is 1.76 bits per heavy atom. The van der Waals surface area contributed by atoms with Crippen LogP contribution in [0.2, 0.25) is 0 Å². The number of aromatic amines is 2. The van der Waals surface area contributed by atoms with Crippen LogP contribution in [0, 0.1) is 29.2 Å². The van der Waals surface area contributed by atoms with Crippen LogP contribution in [0.25, 0.3) is 4.85 Å². The minimum atomic E-state index is -0.411. The second kappa shape index (κ2) is 11.5. The van der Waals surface area contributed by atoms with Gasteiger partial charge in [-0.15, -0.1) is 0 Å². The first kappa shape index (κ1) is 25.0. The lowest BCUT2D eigenvalue weighted by molar-refractivity contribution is 1.38. The van der Waals surface area contributed by atoms with E-state index in [-0.39, 0.29) is 16.7 Å². The average molecular weight is 617 g/mol. The van der Waals surface area contributed by atoms with Crippen molar-refractivity contribution in [2.45, 2.75) is 0 Å². The Bertz CT molecular complexity index is 1540. The number of benzene rings is 2. The van der Waals surface area contributed by atoms with Crippen molar-refractivity contribution in [1.29, 1.82) is 10.5 Å². The summed E-state index contributed by atoms with van der Waals surface area (Å²) in [5.41, 5.74) is 1.40. The monoisotopic (exact) mass is 615 g/mol. The highest BCUT2D eigenvalue weighted by atomic mass is 79.9. The molecule has 0 aliphatic carbocycles. The molecule has 0 spiro atoms. The number of aromatic nitrogens is 2. The van der Waals surface area contributed by atoms with E-state index in [2.05, 4.69) is 56.1 Å². The highest BCUT2D eigenvalue weighted by molar-refractivity contribution is 9.11. The number of nitrogens with zero attached hydrogens (tertiary/aromatic N) is 3. The van der Waals surface area contributed by atoms with Crippen LogP contribution < -0.4 is 21.8 Å². The van der Waals surface area contributed by atoms with Crippen molar-refractivity contribution in [2.24, 2.45) is 0 Å². The van der Waals surface area contributed by atoms with Gasteiger partial charge in [0.15, 0.2) is 11.1 Å². The normalized spacial score (nSPS) is 9.62. The molecule has 0 saturated carbocycles. The molecule has 0 bridgehead atoms. The number of hydrogen-bond donors (Lipinski definition) is 4. The van der Waals surface area contributed by atoms with Crippen LogP contribution in [0.5, 0.6) is 0 Å². The zero-order valence-corrected chi connectivity index (χ0v) is 21.6. The van der Waals surface area contributed by atoms with E-state index in [9.17, 15) is 9.59 Å². The number of hydrogen-bond acceptors (Lipinski definition) is 8. The Morgan fingerprint density at radius 1 is 0.853 bits per heavy atom. The molecular formula is C21H11Br2N7O2S2. The molecule has 13 heteroatoms. The number of anilines is 4. The van der Waals surface area contributed by atoms with Gasteiger partial charge >= 0.3 is 0 Å². The van der Waals surface area contributed by atoms with E-state index in [1.54, 1.807) is 12.1 Å². The van der Waals surface area contributed by atoms with E-state index >= 15 is 0 Å². The van der Waals surface area contributed by atoms with Crippen molar-refractivity contribution < 1.29 is 0 Å². The number of para-hydroxylation sites is 1. The number of H-pyrrole nitrogens is 2. The van der Waals surface area contributed by atoms with Gasteiger partial charge in [-0.3, -0.25) is 18.3 Å². The van der Waals surface area contributed by atoms with E-state index in [0.717, 1.165) is 28.8 Å². The van der Waals surface area contributed by atoms with E-state index in [1.165, 1.54) is 0 Å². The second-order valence-electron chi connectivity index (χ2n) is 6.21. The molecule has 2 heterocycles. The molecule has 0 atom stereocenters. The zero-order valence-electron chi connectivity index (χ0n) is 16.8. The minimum Gasteiger partial charge on any atom is -0.345 e. The predicted molar refractivity (Wildman–Crippen MR) is 140 cm³/mol. The quantitative estimate of drug-likeness (QED) is 0.202. The van der Waals surface area contributed by atoms with Crippen LogP contribution in [-0.2, 0) is 0 Å². The van der Waals surface area contributed by atoms with E-state index in [1.807, 2.05) is 42.5 Å². The predicted octanol–water partition coefficient (Wildman–Crippen LogP) is 6.18. The Kier molecular flexibility index (Phi) is 8.41. The lowest BCUT2D eigenvalue weighted by Crippen LogP contribution is -2.02. The van der Waals surface area contributed by atoms with Gasteiger partial charge in [0.25, 0.3) is 11.1 Å². The molecule has 0 aliphatic rings. The molecule has 4 rings (SSSR count). The van der Waals surface area contributed by atoms with Gasteiger partial charge in [0.1, 0.15) is 22.1 Å². The van der Waals surface area contributed by atoms with E-state index in [0.29, 0.717) is 30.3 Å². The van der Waals surface area contributed by atoms with E-state index < -0.39 is 5.56 Å². The highest BCUT2D eigenvalue weighted by Gasteiger charge is 2.12. The largest absolute Gasteiger partial charge is 0.345 e. The van der Waals surface area contributed by atoms with Gasteiger partial charge in [-0.1, -0.05) is 50.1 Å². The molecule has 2 aromatic heterocycles. The second-order valence-corrected chi connectivity index (χ2v) is 9.56. The third-order valence-electron chi connectivity index (χ3n) is 4.04. The summed E-state index contributed by atoms with van der Waals surface area (Å²) in [6.45, 7) is 7.04. The van der Waals surface area contributed by atoms with Crippen molar-refractivity contribution in [3.05, 3.63) is 94.7 Å². The maximum atomic E-state index is 11.3. The van der Waals surface area contributed by atoms with Crippen LogP contribution in [0.3, 0.4) is 0 Å². The number of rotatable bonds is 4. The maximum Gasteiger partial charge on any atom is 0.278 e. The standard InChI is InChI=1S/C11H4Br2N4OS.C10H7N3OS/c1-15-9-7(12)2-5(3-8(9)13)16-11-6(4-14)10(18)17-19-11;11-6-8-9(14)13-15-10(8)12-7-4-2-1-3-5-7/h2-3,16H,(H,17,18);1-5,12H,(H,13,14). The van der Waals surface area contributed by atoms with Gasteiger partial charge in [-0.25, -0.2) is 4.85 Å². The molecule has 0 fully saturated rings. The fourth-order valence-electron chi connectivity index (χ4n) is 2.51. The minimum absolute atomic E-state index is 0.0477. The molecular weight excluding hydrogens is 606 g/mol. The summed E-state index contributed by atoms with van der Waals surface area (Å²) in [6.07, 6.45) is 0. The van der Waals surface area contributed by atoms with Crippen molar-refractivity contribution in [2.75, 3.05) is 10.6 Å². The molecule has 0 amide bonds. The molecule has 0 unspecified atom stereocenters. The third kappa shape index (κ3) is 5.81. The van der Waals surface area contributed by atoms with Crippen molar-refractivity contribution in [3.63, 3.8) is 0 Å². The Hall–Kier alpha value is -3.67. The molecule has 0 saturated heterocycles. The molecule has 4 aromatic rings. The SMILES string of the molecule is N#Cc1c(Nc2ccccc2)s[nH]c1=O.[C-]#[N+]c1c(Br)cc(Nc2s[nH]c(=O)c2C#N)cc1Br. The number of nitriles is 2. The lowest BCUT2D eigenvalue weighted by Gasteiger charge is -2.07. The summed E-state index contributed by atoms with van der Waals surface area (Å²) in [4.78, 5) is 25.9. The molecule has 34 heavy (non-hydrogen) atoms. The Morgan fingerprint density at radius 2 is 1.32 bits per heavy atom. The summed E-state index contributed by atoms with van der Waals surface area (Å²) in [5, 5.41) is 24.6. The average Bonchev–Trinajstić information content (AvgIpc) is 3.35. The molecule has 0 aliphatic heterocycles. The molecule has 0 radical (unpaired) electrons. The smallest absolute Gasteiger partial charge is 0.278 e. The highest BCUT2D eigenvalue weighted by Crippen LogP contribution is 2.37. The topological polar surface area (TPSA) is 142 Å². The van der Waals surface area contributed by atoms with Crippen LogP contribution in [-0.4, -0.2) is 8.75 Å². The summed E-state index contributed by atoms with van der Waals surface area (Å²) >= 11 is 8.77. The van der Waals surface area contributed by atoms with Crippen LogP contribution in [0.4, 0.5) is 27.1 Å².